The lowest BCUT2D eigenvalue weighted by atomic mass is 10.1. The average molecular weight is 390 g/mol. The third kappa shape index (κ3) is 4.49. The molecule has 6 nitrogen and oxygen atoms in total. The van der Waals surface area contributed by atoms with Crippen molar-refractivity contribution in [3.05, 3.63) is 83.7 Å². The van der Waals surface area contributed by atoms with Crippen LogP contribution in [0.25, 0.3) is 0 Å². The summed E-state index contributed by atoms with van der Waals surface area (Å²) >= 11 is 0. The minimum Gasteiger partial charge on any atom is -0.378 e. The smallest absolute Gasteiger partial charge is 0.254 e. The molecule has 0 N–H and O–H groups in total. The minimum absolute atomic E-state index is 0.0181. The van der Waals surface area contributed by atoms with Crippen molar-refractivity contribution in [2.45, 2.75) is 13.1 Å². The Morgan fingerprint density at radius 3 is 2.52 bits per heavy atom. The summed E-state index contributed by atoms with van der Waals surface area (Å²) in [4.78, 5) is 17.4. The van der Waals surface area contributed by atoms with E-state index in [1.54, 1.807) is 11.1 Å². The van der Waals surface area contributed by atoms with Crippen LogP contribution in [0.4, 0.5) is 5.69 Å². The van der Waals surface area contributed by atoms with Crippen LogP contribution in [0.2, 0.25) is 0 Å². The highest BCUT2D eigenvalue weighted by atomic mass is 16.5. The molecule has 1 fully saturated rings. The van der Waals surface area contributed by atoms with Gasteiger partial charge in [-0.15, -0.1) is 0 Å². The van der Waals surface area contributed by atoms with Crippen LogP contribution in [0.1, 0.15) is 21.5 Å². The molecule has 4 rings (SSSR count). The summed E-state index contributed by atoms with van der Waals surface area (Å²) in [5.41, 5.74) is 4.01. The number of carbonyl (C=O) groups excluding carboxylic acids is 1. The van der Waals surface area contributed by atoms with Gasteiger partial charge in [-0.05, 0) is 29.3 Å². The Kier molecular flexibility index (Phi) is 5.91. The molecule has 1 aliphatic rings. The SMILES string of the molecule is CN(Cc1ccccc1N1CCOCC1)C(=O)c1ccccc1Cn1cccn1. The number of hydrogen-bond acceptors (Lipinski definition) is 4. The highest BCUT2D eigenvalue weighted by Crippen LogP contribution is 2.23. The zero-order chi connectivity index (χ0) is 20.1. The summed E-state index contributed by atoms with van der Waals surface area (Å²) in [6.45, 7) is 4.37. The second-order valence-electron chi connectivity index (χ2n) is 7.25. The van der Waals surface area contributed by atoms with Gasteiger partial charge in [0.2, 0.25) is 0 Å². The molecule has 0 unspecified atom stereocenters. The number of para-hydroxylation sites is 1. The van der Waals surface area contributed by atoms with E-state index in [-0.39, 0.29) is 5.91 Å². The Morgan fingerprint density at radius 2 is 1.76 bits per heavy atom. The molecular formula is C23H26N4O2. The fraction of sp³-hybridized carbons (Fsp3) is 0.304. The van der Waals surface area contributed by atoms with E-state index in [2.05, 4.69) is 28.2 Å². The van der Waals surface area contributed by atoms with E-state index in [1.807, 2.05) is 54.3 Å². The lowest BCUT2D eigenvalue weighted by Crippen LogP contribution is -2.37. The van der Waals surface area contributed by atoms with E-state index in [0.717, 1.165) is 37.4 Å². The molecule has 0 aliphatic carbocycles. The molecule has 1 aromatic heterocycles. The molecule has 2 aromatic carbocycles. The Labute approximate surface area is 171 Å². The van der Waals surface area contributed by atoms with Crippen LogP contribution < -0.4 is 4.90 Å². The highest BCUT2D eigenvalue weighted by molar-refractivity contribution is 5.95. The fourth-order valence-corrected chi connectivity index (χ4v) is 3.73. The number of morpholine rings is 1. The number of amides is 1. The Balaban J connectivity index is 1.53. The standard InChI is InChI=1S/C23H26N4O2/c1-25(17-20-8-3-5-10-22(20)26-13-15-29-16-14-26)23(28)21-9-4-2-7-19(21)18-27-12-6-11-24-27/h2-12H,13-18H2,1H3. The van der Waals surface area contributed by atoms with Crippen LogP contribution >= 0.6 is 0 Å². The summed E-state index contributed by atoms with van der Waals surface area (Å²) in [6.07, 6.45) is 3.66. The highest BCUT2D eigenvalue weighted by Gasteiger charge is 2.19. The zero-order valence-electron chi connectivity index (χ0n) is 16.7. The third-order valence-corrected chi connectivity index (χ3v) is 5.24. The Morgan fingerprint density at radius 1 is 1.03 bits per heavy atom. The second kappa shape index (κ2) is 8.92. The van der Waals surface area contributed by atoms with Crippen LogP contribution in [0.15, 0.2) is 67.0 Å². The van der Waals surface area contributed by atoms with Crippen molar-refractivity contribution in [1.82, 2.24) is 14.7 Å². The largest absolute Gasteiger partial charge is 0.378 e. The molecule has 1 amide bonds. The predicted molar refractivity (Wildman–Crippen MR) is 113 cm³/mol. The molecule has 0 radical (unpaired) electrons. The first-order valence-corrected chi connectivity index (χ1v) is 9.94. The normalized spacial score (nSPS) is 14.0. The van der Waals surface area contributed by atoms with E-state index < -0.39 is 0 Å². The lowest BCUT2D eigenvalue weighted by molar-refractivity contribution is 0.0783. The van der Waals surface area contributed by atoms with Gasteiger partial charge in [-0.25, -0.2) is 0 Å². The molecule has 29 heavy (non-hydrogen) atoms. The van der Waals surface area contributed by atoms with Gasteiger partial charge in [0.25, 0.3) is 5.91 Å². The molecule has 1 saturated heterocycles. The van der Waals surface area contributed by atoms with E-state index >= 15 is 0 Å². The first kappa shape index (κ1) is 19.2. The summed E-state index contributed by atoms with van der Waals surface area (Å²) < 4.78 is 7.31. The third-order valence-electron chi connectivity index (χ3n) is 5.24. The van der Waals surface area contributed by atoms with Gasteiger partial charge in [-0.2, -0.15) is 5.10 Å². The number of rotatable bonds is 6. The molecule has 0 bridgehead atoms. The maximum absolute atomic E-state index is 13.2. The summed E-state index contributed by atoms with van der Waals surface area (Å²) in [7, 11) is 1.86. The molecular weight excluding hydrogens is 364 g/mol. The van der Waals surface area contributed by atoms with Gasteiger partial charge in [0.15, 0.2) is 0 Å². The molecule has 1 aliphatic heterocycles. The van der Waals surface area contributed by atoms with Crippen LogP contribution in [0.5, 0.6) is 0 Å². The van der Waals surface area contributed by atoms with Gasteiger partial charge in [0.1, 0.15) is 0 Å². The molecule has 3 aromatic rings. The van der Waals surface area contributed by atoms with E-state index in [9.17, 15) is 4.79 Å². The van der Waals surface area contributed by atoms with Gasteiger partial charge < -0.3 is 14.5 Å². The number of carbonyl (C=O) groups is 1. The van der Waals surface area contributed by atoms with Crippen molar-refractivity contribution in [3.63, 3.8) is 0 Å². The number of benzene rings is 2. The number of anilines is 1. The Bertz CT molecular complexity index is 949. The first-order valence-electron chi connectivity index (χ1n) is 9.94. The van der Waals surface area contributed by atoms with Crippen molar-refractivity contribution >= 4 is 11.6 Å². The van der Waals surface area contributed by atoms with Crippen LogP contribution in [0.3, 0.4) is 0 Å². The van der Waals surface area contributed by atoms with Crippen molar-refractivity contribution in [1.29, 1.82) is 0 Å². The quantitative estimate of drug-likeness (QED) is 0.649. The number of nitrogens with zero attached hydrogens (tertiary/aromatic N) is 4. The van der Waals surface area contributed by atoms with E-state index in [0.29, 0.717) is 18.7 Å². The molecule has 6 heteroatoms. The molecule has 0 saturated carbocycles. The summed E-state index contributed by atoms with van der Waals surface area (Å²) in [5, 5.41) is 4.26. The molecule has 0 spiro atoms. The van der Waals surface area contributed by atoms with Gasteiger partial charge in [0, 0.05) is 50.3 Å². The van der Waals surface area contributed by atoms with Crippen molar-refractivity contribution in [3.8, 4) is 0 Å². The zero-order valence-corrected chi connectivity index (χ0v) is 16.7. The van der Waals surface area contributed by atoms with Gasteiger partial charge in [0.05, 0.1) is 19.8 Å². The van der Waals surface area contributed by atoms with Crippen LogP contribution in [0, 0.1) is 0 Å². The molecule has 0 atom stereocenters. The van der Waals surface area contributed by atoms with Crippen LogP contribution in [-0.4, -0.2) is 53.9 Å². The number of ether oxygens (including phenoxy) is 1. The molecule has 2 heterocycles. The van der Waals surface area contributed by atoms with Crippen molar-refractivity contribution in [2.75, 3.05) is 38.3 Å². The summed E-state index contributed by atoms with van der Waals surface area (Å²) in [6, 6.07) is 18.0. The maximum Gasteiger partial charge on any atom is 0.254 e. The van der Waals surface area contributed by atoms with Gasteiger partial charge in [-0.3, -0.25) is 9.48 Å². The van der Waals surface area contributed by atoms with E-state index in [4.69, 9.17) is 4.74 Å². The summed E-state index contributed by atoms with van der Waals surface area (Å²) in [5.74, 6) is 0.0181. The van der Waals surface area contributed by atoms with Crippen molar-refractivity contribution < 1.29 is 9.53 Å². The molecule has 150 valence electrons. The lowest BCUT2D eigenvalue weighted by Gasteiger charge is -2.31. The van der Waals surface area contributed by atoms with E-state index in [1.165, 1.54) is 5.69 Å². The van der Waals surface area contributed by atoms with Gasteiger partial charge >= 0.3 is 0 Å². The maximum atomic E-state index is 13.2. The topological polar surface area (TPSA) is 50.6 Å². The second-order valence-corrected chi connectivity index (χ2v) is 7.25. The van der Waals surface area contributed by atoms with Gasteiger partial charge in [-0.1, -0.05) is 36.4 Å². The van der Waals surface area contributed by atoms with Crippen molar-refractivity contribution in [2.24, 2.45) is 0 Å². The fourth-order valence-electron chi connectivity index (χ4n) is 3.73. The minimum atomic E-state index is 0.0181. The Hall–Kier alpha value is -3.12. The predicted octanol–water partition coefficient (Wildman–Crippen LogP) is 3.04. The first-order chi connectivity index (χ1) is 14.2. The monoisotopic (exact) mass is 390 g/mol. The average Bonchev–Trinajstić information content (AvgIpc) is 3.28. The number of hydrogen-bond donors (Lipinski definition) is 0. The number of aromatic nitrogens is 2. The van der Waals surface area contributed by atoms with Crippen LogP contribution in [-0.2, 0) is 17.8 Å².